The van der Waals surface area contributed by atoms with E-state index >= 15 is 0 Å². The van der Waals surface area contributed by atoms with Gasteiger partial charge >= 0.3 is 6.03 Å². The molecule has 1 unspecified atom stereocenters. The van der Waals surface area contributed by atoms with E-state index in [4.69, 9.17) is 19.2 Å². The molecule has 200 valence electrons. The Morgan fingerprint density at radius 1 is 1.05 bits per heavy atom. The summed E-state index contributed by atoms with van der Waals surface area (Å²) in [6, 6.07) is 8.38. The minimum absolute atomic E-state index is 0.00479. The highest BCUT2D eigenvalue weighted by Gasteiger charge is 2.28. The van der Waals surface area contributed by atoms with E-state index in [9.17, 15) is 4.79 Å². The van der Waals surface area contributed by atoms with E-state index in [1.165, 1.54) is 12.8 Å². The van der Waals surface area contributed by atoms with Gasteiger partial charge in [0.25, 0.3) is 0 Å². The number of carbonyl (C=O) groups excluding carboxylic acids is 1. The highest BCUT2D eigenvalue weighted by molar-refractivity contribution is 5.74. The van der Waals surface area contributed by atoms with Crippen molar-refractivity contribution in [3.8, 4) is 22.8 Å². The minimum Gasteiger partial charge on any atom is -0.489 e. The zero-order valence-electron chi connectivity index (χ0n) is 22.2. The number of aromatic nitrogens is 2. The number of urea groups is 1. The van der Waals surface area contributed by atoms with Gasteiger partial charge in [0.05, 0.1) is 25.3 Å². The number of amides is 2. The fourth-order valence-electron chi connectivity index (χ4n) is 5.26. The van der Waals surface area contributed by atoms with Gasteiger partial charge in [-0.3, -0.25) is 0 Å². The molecule has 2 atom stereocenters. The van der Waals surface area contributed by atoms with Crippen molar-refractivity contribution < 1.29 is 19.0 Å². The number of anilines is 1. The van der Waals surface area contributed by atoms with E-state index in [0.29, 0.717) is 44.2 Å². The minimum atomic E-state index is -0.00697. The highest BCUT2D eigenvalue weighted by Crippen LogP contribution is 2.33. The Kier molecular flexibility index (Phi) is 7.98. The predicted octanol–water partition coefficient (Wildman–Crippen LogP) is 4.44. The zero-order chi connectivity index (χ0) is 25.8. The summed E-state index contributed by atoms with van der Waals surface area (Å²) in [5.74, 6) is 2.78. The zero-order valence-corrected chi connectivity index (χ0v) is 22.2. The van der Waals surface area contributed by atoms with Crippen LogP contribution in [0.25, 0.3) is 11.1 Å². The van der Waals surface area contributed by atoms with Crippen LogP contribution >= 0.6 is 0 Å². The van der Waals surface area contributed by atoms with Crippen molar-refractivity contribution in [3.05, 3.63) is 30.5 Å². The second kappa shape index (κ2) is 11.5. The Morgan fingerprint density at radius 3 is 2.54 bits per heavy atom. The number of ether oxygens (including phenoxy) is 3. The van der Waals surface area contributed by atoms with Gasteiger partial charge in [0.15, 0.2) is 0 Å². The summed E-state index contributed by atoms with van der Waals surface area (Å²) in [6.45, 7) is 4.92. The lowest BCUT2D eigenvalue weighted by atomic mass is 9.87. The fourth-order valence-corrected chi connectivity index (χ4v) is 5.26. The summed E-state index contributed by atoms with van der Waals surface area (Å²) < 4.78 is 18.0. The lowest BCUT2D eigenvalue weighted by molar-refractivity contribution is 0.138. The fraction of sp³-hybridized carbons (Fsp3) is 0.607. The molecule has 3 aliphatic rings. The quantitative estimate of drug-likeness (QED) is 0.590. The molecule has 0 bridgehead atoms. The van der Waals surface area contributed by atoms with Crippen LogP contribution in [0.1, 0.15) is 45.4 Å². The maximum absolute atomic E-state index is 12.2. The summed E-state index contributed by atoms with van der Waals surface area (Å²) in [5.41, 5.74) is 1.82. The molecule has 9 heteroatoms. The Hall–Kier alpha value is -3.07. The van der Waals surface area contributed by atoms with Gasteiger partial charge in [-0.1, -0.05) is 19.1 Å². The third-order valence-corrected chi connectivity index (χ3v) is 7.54. The van der Waals surface area contributed by atoms with Gasteiger partial charge < -0.3 is 29.3 Å². The number of likely N-dealkylation sites (tertiary alicyclic amines) is 1. The molecular weight excluding hydrogens is 470 g/mol. The normalized spacial score (nSPS) is 25.6. The van der Waals surface area contributed by atoms with E-state index in [2.05, 4.69) is 17.2 Å². The van der Waals surface area contributed by atoms with Crippen molar-refractivity contribution in [2.75, 3.05) is 45.7 Å². The van der Waals surface area contributed by atoms with E-state index in [1.54, 1.807) is 19.0 Å². The Morgan fingerprint density at radius 2 is 1.84 bits per heavy atom. The number of nitrogens with zero attached hydrogens (tertiary/aromatic N) is 4. The van der Waals surface area contributed by atoms with Crippen LogP contribution in [0, 0.1) is 5.92 Å². The second-order valence-corrected chi connectivity index (χ2v) is 10.8. The molecule has 0 spiro atoms. The van der Waals surface area contributed by atoms with Crippen LogP contribution in [0.15, 0.2) is 30.5 Å². The first kappa shape index (κ1) is 25.6. The van der Waals surface area contributed by atoms with Gasteiger partial charge in [-0.25, -0.2) is 9.78 Å². The summed E-state index contributed by atoms with van der Waals surface area (Å²) >= 11 is 0. The largest absolute Gasteiger partial charge is 0.489 e. The lowest BCUT2D eigenvalue weighted by Gasteiger charge is -2.27. The summed E-state index contributed by atoms with van der Waals surface area (Å²) in [7, 11) is 3.55. The average molecular weight is 510 g/mol. The molecule has 2 aromatic rings. The van der Waals surface area contributed by atoms with Crippen molar-refractivity contribution in [1.29, 1.82) is 0 Å². The molecule has 1 aromatic carbocycles. The second-order valence-electron chi connectivity index (χ2n) is 10.8. The number of benzene rings is 1. The summed E-state index contributed by atoms with van der Waals surface area (Å²) in [4.78, 5) is 25.1. The third kappa shape index (κ3) is 6.44. The van der Waals surface area contributed by atoms with E-state index in [0.717, 1.165) is 48.5 Å². The summed E-state index contributed by atoms with van der Waals surface area (Å²) in [5, 5.41) is 3.53. The van der Waals surface area contributed by atoms with Crippen LogP contribution in [0.4, 0.5) is 10.7 Å². The first-order valence-corrected chi connectivity index (χ1v) is 13.6. The molecule has 1 saturated carbocycles. The van der Waals surface area contributed by atoms with Crippen molar-refractivity contribution >= 4 is 12.0 Å². The maximum Gasteiger partial charge on any atom is 0.319 e. The van der Waals surface area contributed by atoms with Gasteiger partial charge in [0.2, 0.25) is 11.8 Å². The molecule has 0 radical (unpaired) electrons. The molecule has 37 heavy (non-hydrogen) atoms. The molecule has 1 aliphatic carbocycles. The number of nitrogens with one attached hydrogen (secondary N) is 1. The van der Waals surface area contributed by atoms with E-state index in [1.807, 2.05) is 35.4 Å². The van der Waals surface area contributed by atoms with Crippen LogP contribution in [0.2, 0.25) is 0 Å². The number of carbonyl (C=O) groups is 1. The van der Waals surface area contributed by atoms with Gasteiger partial charge in [0.1, 0.15) is 18.0 Å². The van der Waals surface area contributed by atoms with Crippen LogP contribution in [-0.2, 0) is 4.74 Å². The molecule has 2 amide bonds. The number of rotatable bonds is 7. The molecule has 1 aromatic heterocycles. The van der Waals surface area contributed by atoms with Crippen LogP contribution in [0.5, 0.6) is 11.6 Å². The molecule has 3 heterocycles. The summed E-state index contributed by atoms with van der Waals surface area (Å²) in [6.07, 6.45) is 8.27. The number of hydrogen-bond acceptors (Lipinski definition) is 7. The molecular formula is C28H39N5O4. The number of hydrogen-bond donors (Lipinski definition) is 1. The first-order valence-electron chi connectivity index (χ1n) is 13.6. The predicted molar refractivity (Wildman–Crippen MR) is 142 cm³/mol. The van der Waals surface area contributed by atoms with Crippen molar-refractivity contribution in [3.63, 3.8) is 0 Å². The van der Waals surface area contributed by atoms with Crippen LogP contribution < -0.4 is 14.8 Å². The Balaban J connectivity index is 1.28. The molecule has 3 fully saturated rings. The van der Waals surface area contributed by atoms with Crippen molar-refractivity contribution in [2.24, 2.45) is 5.92 Å². The molecule has 1 N–H and O–H groups in total. The maximum atomic E-state index is 12.2. The van der Waals surface area contributed by atoms with Gasteiger partial charge in [-0.05, 0) is 49.3 Å². The van der Waals surface area contributed by atoms with E-state index < -0.39 is 0 Å². The Labute approximate surface area is 219 Å². The van der Waals surface area contributed by atoms with Crippen molar-refractivity contribution in [1.82, 2.24) is 19.8 Å². The third-order valence-electron chi connectivity index (χ3n) is 7.54. The van der Waals surface area contributed by atoms with Crippen LogP contribution in [0.3, 0.4) is 0 Å². The van der Waals surface area contributed by atoms with Gasteiger partial charge in [0, 0.05) is 45.7 Å². The van der Waals surface area contributed by atoms with Gasteiger partial charge in [-0.2, -0.15) is 4.98 Å². The molecule has 5 rings (SSSR count). The molecule has 9 nitrogen and oxygen atoms in total. The highest BCUT2D eigenvalue weighted by atomic mass is 16.5. The molecule has 2 saturated heterocycles. The standard InChI is InChI=1S/C28H39N5O4/c1-19-4-8-21(9-5-19)30-27-29-16-25(26(31-27)37-24-13-15-35-18-24)20-6-10-22(11-7-20)36-23-12-14-33(17-23)28(34)32(2)3/h6-7,10-11,16,19,21,23-24H,4-5,8-9,12-15,17-18H2,1-3H3,(H,29,30,31)/t19-,21-,23?,24-/m1/s1. The smallest absolute Gasteiger partial charge is 0.319 e. The molecule has 2 aliphatic heterocycles. The Bertz CT molecular complexity index is 1050. The van der Waals surface area contributed by atoms with E-state index in [-0.39, 0.29) is 18.2 Å². The topological polar surface area (TPSA) is 89.1 Å². The van der Waals surface area contributed by atoms with Crippen molar-refractivity contribution in [2.45, 2.75) is 63.7 Å². The average Bonchev–Trinajstić information content (AvgIpc) is 3.58. The lowest BCUT2D eigenvalue weighted by Crippen LogP contribution is -2.38. The first-order chi connectivity index (χ1) is 17.9. The van der Waals surface area contributed by atoms with Gasteiger partial charge in [-0.15, -0.1) is 0 Å². The van der Waals surface area contributed by atoms with Crippen LogP contribution in [-0.4, -0.2) is 84.4 Å². The monoisotopic (exact) mass is 509 g/mol. The SMILES string of the molecule is CN(C)C(=O)N1CCC(Oc2ccc(-c3cnc(N[C@H]4CC[C@H](C)CC4)nc3O[C@@H]3CCOC3)cc2)C1.